The molecule has 0 atom stereocenters. The van der Waals surface area contributed by atoms with Gasteiger partial charge in [-0.15, -0.1) is 6.42 Å². The van der Waals surface area contributed by atoms with Crippen LogP contribution in [0.1, 0.15) is 18.4 Å². The number of fused-ring (bicyclic) bond motifs is 2. The van der Waals surface area contributed by atoms with Crippen LogP contribution in [0.15, 0.2) is 41.6 Å². The van der Waals surface area contributed by atoms with Gasteiger partial charge in [-0.05, 0) is 24.1 Å². The molecule has 0 radical (unpaired) electrons. The molecule has 0 unspecified atom stereocenters. The van der Waals surface area contributed by atoms with Crippen molar-refractivity contribution in [3.8, 4) is 12.3 Å². The molecular formula is C16H13NO. The number of allylic oxidation sites excluding steroid dienone is 2. The Morgan fingerprint density at radius 1 is 1.33 bits per heavy atom. The van der Waals surface area contributed by atoms with Crippen molar-refractivity contribution in [3.05, 3.63) is 47.2 Å². The Kier molecular flexibility index (Phi) is 2.53. The monoisotopic (exact) mass is 235 g/mol. The van der Waals surface area contributed by atoms with E-state index in [0.29, 0.717) is 13.0 Å². The molecule has 0 aromatic heterocycles. The number of carbonyl (C=O) groups is 1. The zero-order valence-corrected chi connectivity index (χ0v) is 10.0. The van der Waals surface area contributed by atoms with Crippen molar-refractivity contribution in [1.29, 1.82) is 0 Å². The van der Waals surface area contributed by atoms with Gasteiger partial charge in [0.15, 0.2) is 5.78 Å². The molecule has 1 heterocycles. The van der Waals surface area contributed by atoms with Crippen molar-refractivity contribution >= 4 is 17.5 Å². The molecular weight excluding hydrogens is 222 g/mol. The van der Waals surface area contributed by atoms with Gasteiger partial charge in [0.05, 0.1) is 6.54 Å². The fourth-order valence-corrected chi connectivity index (χ4v) is 2.54. The predicted molar refractivity (Wildman–Crippen MR) is 72.9 cm³/mol. The predicted octanol–water partition coefficient (Wildman–Crippen LogP) is 2.77. The summed E-state index contributed by atoms with van der Waals surface area (Å²) in [6.07, 6.45) is 10.9. The summed E-state index contributed by atoms with van der Waals surface area (Å²) in [5, 5.41) is 0. The number of terminal acetylenes is 1. The van der Waals surface area contributed by atoms with Crippen LogP contribution in [0.4, 0.5) is 5.69 Å². The average Bonchev–Trinajstić information content (AvgIpc) is 2.40. The summed E-state index contributed by atoms with van der Waals surface area (Å²) in [6.45, 7) is 0.494. The summed E-state index contributed by atoms with van der Waals surface area (Å²) in [7, 11) is 0. The minimum atomic E-state index is 0.212. The highest BCUT2D eigenvalue weighted by molar-refractivity contribution is 6.08. The molecule has 0 amide bonds. The number of Topliss-reactive ketones (excluding diaryl/α,β-unsaturated/α-hetero) is 1. The molecule has 3 rings (SSSR count). The number of hydrogen-bond donors (Lipinski definition) is 0. The van der Waals surface area contributed by atoms with Crippen LogP contribution in [-0.2, 0) is 4.79 Å². The first kappa shape index (κ1) is 10.9. The lowest BCUT2D eigenvalue weighted by Crippen LogP contribution is -2.31. The Labute approximate surface area is 107 Å². The average molecular weight is 235 g/mol. The number of nitrogens with zero attached hydrogens (tertiary/aromatic N) is 1. The van der Waals surface area contributed by atoms with Crippen LogP contribution in [0.5, 0.6) is 0 Å². The summed E-state index contributed by atoms with van der Waals surface area (Å²) >= 11 is 0. The van der Waals surface area contributed by atoms with Gasteiger partial charge in [-0.3, -0.25) is 4.79 Å². The molecule has 0 spiro atoms. The van der Waals surface area contributed by atoms with Crippen molar-refractivity contribution in [1.82, 2.24) is 0 Å². The Hall–Kier alpha value is -2.27. The first-order chi connectivity index (χ1) is 8.81. The number of hydrogen-bond acceptors (Lipinski definition) is 2. The third-order valence-electron chi connectivity index (χ3n) is 3.35. The number of para-hydroxylation sites is 1. The van der Waals surface area contributed by atoms with E-state index < -0.39 is 0 Å². The number of carbonyl (C=O) groups excluding carboxylic acids is 1. The van der Waals surface area contributed by atoms with Gasteiger partial charge in [0.1, 0.15) is 0 Å². The third-order valence-corrected chi connectivity index (χ3v) is 3.35. The highest BCUT2D eigenvalue weighted by atomic mass is 16.1. The molecule has 18 heavy (non-hydrogen) atoms. The third kappa shape index (κ3) is 1.56. The van der Waals surface area contributed by atoms with Gasteiger partial charge in [-0.2, -0.15) is 0 Å². The summed E-state index contributed by atoms with van der Waals surface area (Å²) in [6, 6.07) is 8.03. The van der Waals surface area contributed by atoms with E-state index in [0.717, 1.165) is 28.9 Å². The lowest BCUT2D eigenvalue weighted by Gasteiger charge is -2.33. The van der Waals surface area contributed by atoms with Crippen molar-refractivity contribution in [2.24, 2.45) is 0 Å². The van der Waals surface area contributed by atoms with Gasteiger partial charge in [0, 0.05) is 23.4 Å². The summed E-state index contributed by atoms with van der Waals surface area (Å²) < 4.78 is 0. The molecule has 0 N–H and O–H groups in total. The fraction of sp³-hybridized carbons (Fsp3) is 0.188. The second kappa shape index (κ2) is 4.19. The van der Waals surface area contributed by atoms with Gasteiger partial charge in [-0.1, -0.05) is 30.2 Å². The van der Waals surface area contributed by atoms with Crippen LogP contribution in [-0.4, -0.2) is 12.3 Å². The highest BCUT2D eigenvalue weighted by Crippen LogP contribution is 2.37. The highest BCUT2D eigenvalue weighted by Gasteiger charge is 2.28. The maximum absolute atomic E-state index is 12.0. The maximum atomic E-state index is 12.0. The van der Waals surface area contributed by atoms with Crippen LogP contribution in [0.25, 0.3) is 6.08 Å². The van der Waals surface area contributed by atoms with Gasteiger partial charge in [0.25, 0.3) is 0 Å². The van der Waals surface area contributed by atoms with Gasteiger partial charge < -0.3 is 4.90 Å². The lowest BCUT2D eigenvalue weighted by molar-refractivity contribution is -0.115. The van der Waals surface area contributed by atoms with Gasteiger partial charge >= 0.3 is 0 Å². The van der Waals surface area contributed by atoms with Crippen LogP contribution >= 0.6 is 0 Å². The van der Waals surface area contributed by atoms with Crippen molar-refractivity contribution in [2.75, 3.05) is 11.4 Å². The van der Waals surface area contributed by atoms with E-state index in [4.69, 9.17) is 6.42 Å². The topological polar surface area (TPSA) is 20.3 Å². The maximum Gasteiger partial charge on any atom is 0.165 e. The van der Waals surface area contributed by atoms with Crippen LogP contribution in [0.2, 0.25) is 0 Å². The zero-order valence-electron chi connectivity index (χ0n) is 10.0. The summed E-state index contributed by atoms with van der Waals surface area (Å²) in [4.78, 5) is 14.1. The fourth-order valence-electron chi connectivity index (χ4n) is 2.54. The molecule has 0 bridgehead atoms. The van der Waals surface area contributed by atoms with E-state index in [1.54, 1.807) is 0 Å². The quantitative estimate of drug-likeness (QED) is 0.698. The van der Waals surface area contributed by atoms with Gasteiger partial charge in [0.2, 0.25) is 0 Å². The lowest BCUT2D eigenvalue weighted by atomic mass is 9.90. The molecule has 1 aromatic rings. The standard InChI is InChI=1S/C16H13NO/c1-2-10-17-14-7-4-3-6-12(14)11-13-15(17)8-5-9-16(13)18/h1,3-4,6-8,11H,5,9-10H2. The van der Waals surface area contributed by atoms with E-state index in [1.807, 2.05) is 30.3 Å². The van der Waals surface area contributed by atoms with E-state index in [1.165, 1.54) is 0 Å². The van der Waals surface area contributed by atoms with E-state index in [-0.39, 0.29) is 5.78 Å². The van der Waals surface area contributed by atoms with E-state index in [2.05, 4.69) is 16.9 Å². The van der Waals surface area contributed by atoms with Crippen molar-refractivity contribution < 1.29 is 4.79 Å². The molecule has 2 nitrogen and oxygen atoms in total. The Morgan fingerprint density at radius 2 is 2.17 bits per heavy atom. The van der Waals surface area contributed by atoms with Crippen LogP contribution < -0.4 is 4.90 Å². The Balaban J connectivity index is 2.20. The summed E-state index contributed by atoms with van der Waals surface area (Å²) in [5.41, 5.74) is 3.92. The molecule has 0 saturated carbocycles. The Bertz CT molecular complexity index is 616. The Morgan fingerprint density at radius 3 is 3.00 bits per heavy atom. The minimum Gasteiger partial charge on any atom is -0.329 e. The molecule has 0 fully saturated rings. The molecule has 2 heteroatoms. The zero-order chi connectivity index (χ0) is 12.5. The normalized spacial score (nSPS) is 17.3. The van der Waals surface area contributed by atoms with Crippen LogP contribution in [0.3, 0.4) is 0 Å². The second-order valence-corrected chi connectivity index (χ2v) is 4.46. The van der Waals surface area contributed by atoms with Crippen molar-refractivity contribution in [3.63, 3.8) is 0 Å². The number of ketones is 1. The molecule has 1 aliphatic heterocycles. The van der Waals surface area contributed by atoms with Crippen molar-refractivity contribution in [2.45, 2.75) is 12.8 Å². The summed E-state index contributed by atoms with van der Waals surface area (Å²) in [5.74, 6) is 2.88. The SMILES string of the molecule is C#CCN1C2=CCCC(=O)C2=Cc2ccccc21. The van der Waals surface area contributed by atoms with Gasteiger partial charge in [-0.25, -0.2) is 0 Å². The number of anilines is 1. The number of benzene rings is 1. The van der Waals surface area contributed by atoms with Crippen LogP contribution in [0, 0.1) is 12.3 Å². The molecule has 1 aliphatic carbocycles. The minimum absolute atomic E-state index is 0.212. The smallest absolute Gasteiger partial charge is 0.165 e. The van der Waals surface area contributed by atoms with E-state index in [9.17, 15) is 4.79 Å². The molecule has 0 saturated heterocycles. The number of rotatable bonds is 1. The van der Waals surface area contributed by atoms with E-state index >= 15 is 0 Å². The largest absolute Gasteiger partial charge is 0.329 e. The molecule has 1 aromatic carbocycles. The first-order valence-electron chi connectivity index (χ1n) is 6.06. The second-order valence-electron chi connectivity index (χ2n) is 4.46. The molecule has 2 aliphatic rings. The first-order valence-corrected chi connectivity index (χ1v) is 6.06. The molecule has 88 valence electrons.